The van der Waals surface area contributed by atoms with E-state index < -0.39 is 5.97 Å². The van der Waals surface area contributed by atoms with Gasteiger partial charge in [0.1, 0.15) is 4.88 Å². The second kappa shape index (κ2) is 4.55. The Morgan fingerprint density at radius 3 is 2.65 bits per heavy atom. The lowest BCUT2D eigenvalue weighted by Crippen LogP contribution is -1.91. The largest absolute Gasteiger partial charge is 0.481 e. The summed E-state index contributed by atoms with van der Waals surface area (Å²) in [6.07, 6.45) is 0. The molecule has 0 spiro atoms. The van der Waals surface area contributed by atoms with Crippen molar-refractivity contribution in [2.24, 2.45) is 0 Å². The lowest BCUT2D eigenvalue weighted by molar-refractivity contribution is 0.0702. The molecule has 4 nitrogen and oxygen atoms in total. The van der Waals surface area contributed by atoms with E-state index in [0.717, 1.165) is 16.1 Å². The molecule has 0 bridgehead atoms. The number of ether oxygens (including phenoxy) is 1. The van der Waals surface area contributed by atoms with Crippen LogP contribution in [0.4, 0.5) is 0 Å². The van der Waals surface area contributed by atoms with Gasteiger partial charge in [-0.15, -0.1) is 11.3 Å². The van der Waals surface area contributed by atoms with Crippen molar-refractivity contribution in [3.8, 4) is 16.3 Å². The van der Waals surface area contributed by atoms with Gasteiger partial charge in [-0.25, -0.2) is 9.78 Å². The van der Waals surface area contributed by atoms with Crippen molar-refractivity contribution in [3.63, 3.8) is 0 Å². The molecule has 1 N–H and O–H groups in total. The highest BCUT2D eigenvalue weighted by Crippen LogP contribution is 2.30. The van der Waals surface area contributed by atoms with Crippen molar-refractivity contribution < 1.29 is 14.6 Å². The number of rotatable bonds is 3. The van der Waals surface area contributed by atoms with Crippen LogP contribution in [0.2, 0.25) is 0 Å². The molecule has 2 rings (SSSR count). The number of carbonyl (C=O) groups is 1. The first-order valence-corrected chi connectivity index (χ1v) is 5.78. The zero-order chi connectivity index (χ0) is 12.4. The van der Waals surface area contributed by atoms with E-state index in [0.29, 0.717) is 10.8 Å². The van der Waals surface area contributed by atoms with Crippen molar-refractivity contribution in [1.82, 2.24) is 4.98 Å². The van der Waals surface area contributed by atoms with Gasteiger partial charge in [-0.05, 0) is 25.1 Å². The highest BCUT2D eigenvalue weighted by Gasteiger charge is 2.11. The zero-order valence-corrected chi connectivity index (χ0v) is 10.2. The number of carboxylic acid groups (broad SMARTS) is 1. The summed E-state index contributed by atoms with van der Waals surface area (Å²) in [6.45, 7) is 1.87. The fourth-order valence-corrected chi connectivity index (χ4v) is 2.43. The van der Waals surface area contributed by atoms with Crippen molar-refractivity contribution in [1.29, 1.82) is 0 Å². The molecule has 0 aliphatic rings. The van der Waals surface area contributed by atoms with Crippen LogP contribution in [0, 0.1) is 6.92 Å². The summed E-state index contributed by atoms with van der Waals surface area (Å²) < 4.78 is 5.03. The maximum Gasteiger partial charge on any atom is 0.345 e. The molecule has 0 unspecified atom stereocenters. The number of pyridine rings is 1. The third kappa shape index (κ3) is 2.29. The molecule has 0 saturated carbocycles. The van der Waals surface area contributed by atoms with Crippen molar-refractivity contribution in [3.05, 3.63) is 34.8 Å². The topological polar surface area (TPSA) is 59.4 Å². The highest BCUT2D eigenvalue weighted by atomic mass is 32.1. The van der Waals surface area contributed by atoms with E-state index in [-0.39, 0.29) is 0 Å². The molecule has 2 aromatic rings. The highest BCUT2D eigenvalue weighted by molar-refractivity contribution is 7.17. The van der Waals surface area contributed by atoms with Crippen LogP contribution in [-0.2, 0) is 0 Å². The Morgan fingerprint density at radius 2 is 2.12 bits per heavy atom. The van der Waals surface area contributed by atoms with Gasteiger partial charge in [0.15, 0.2) is 0 Å². The number of aromatic carboxylic acids is 1. The number of hydrogen-bond donors (Lipinski definition) is 1. The van der Waals surface area contributed by atoms with Gasteiger partial charge in [-0.3, -0.25) is 0 Å². The van der Waals surface area contributed by atoms with E-state index >= 15 is 0 Å². The van der Waals surface area contributed by atoms with Crippen LogP contribution in [0.5, 0.6) is 5.88 Å². The molecule has 0 amide bonds. The third-order valence-corrected chi connectivity index (χ3v) is 3.46. The summed E-state index contributed by atoms with van der Waals surface area (Å²) in [5.41, 5.74) is 1.76. The second-order valence-corrected chi connectivity index (χ2v) is 4.54. The first kappa shape index (κ1) is 11.6. The molecule has 0 fully saturated rings. The van der Waals surface area contributed by atoms with Crippen LogP contribution in [0.1, 0.15) is 15.4 Å². The molecular weight excluding hydrogens is 238 g/mol. The summed E-state index contributed by atoms with van der Waals surface area (Å²) in [5.74, 6) is -0.346. The number of carboxylic acids is 1. The smallest absolute Gasteiger partial charge is 0.345 e. The van der Waals surface area contributed by atoms with Gasteiger partial charge in [0, 0.05) is 22.2 Å². The summed E-state index contributed by atoms with van der Waals surface area (Å²) in [4.78, 5) is 16.3. The zero-order valence-electron chi connectivity index (χ0n) is 9.43. The minimum Gasteiger partial charge on any atom is -0.481 e. The minimum absolute atomic E-state index is 0.329. The van der Waals surface area contributed by atoms with E-state index in [2.05, 4.69) is 4.98 Å². The Hall–Kier alpha value is -1.88. The third-order valence-electron chi connectivity index (χ3n) is 2.35. The van der Waals surface area contributed by atoms with Crippen molar-refractivity contribution in [2.45, 2.75) is 6.92 Å². The first-order valence-electron chi connectivity index (χ1n) is 4.97. The van der Waals surface area contributed by atoms with Crippen molar-refractivity contribution >= 4 is 17.3 Å². The summed E-state index contributed by atoms with van der Waals surface area (Å²) >= 11 is 1.24. The second-order valence-electron chi connectivity index (χ2n) is 3.46. The van der Waals surface area contributed by atoms with Crippen LogP contribution in [-0.4, -0.2) is 23.2 Å². The average Bonchev–Trinajstić information content (AvgIpc) is 2.78. The van der Waals surface area contributed by atoms with E-state index in [1.54, 1.807) is 25.3 Å². The molecule has 0 atom stereocenters. The number of thiophene rings is 1. The Morgan fingerprint density at radius 1 is 1.35 bits per heavy atom. The lowest BCUT2D eigenvalue weighted by atomic mass is 10.2. The fraction of sp³-hybridized carbons (Fsp3) is 0.167. The molecule has 0 saturated heterocycles. The number of methoxy groups -OCH3 is 1. The molecule has 5 heteroatoms. The summed E-state index contributed by atoms with van der Waals surface area (Å²) in [6, 6.07) is 7.05. The van der Waals surface area contributed by atoms with Crippen LogP contribution in [0.3, 0.4) is 0 Å². The molecule has 0 aliphatic heterocycles. The quantitative estimate of drug-likeness (QED) is 0.908. The van der Waals surface area contributed by atoms with Gasteiger partial charge in [-0.2, -0.15) is 0 Å². The average molecular weight is 249 g/mol. The van der Waals surface area contributed by atoms with E-state index in [9.17, 15) is 4.79 Å². The molecule has 0 aliphatic carbocycles. The van der Waals surface area contributed by atoms with E-state index in [1.165, 1.54) is 11.3 Å². The number of nitrogens with zero attached hydrogens (tertiary/aromatic N) is 1. The molecule has 17 heavy (non-hydrogen) atoms. The number of aryl methyl sites for hydroxylation is 1. The summed E-state index contributed by atoms with van der Waals surface area (Å²) in [7, 11) is 1.56. The van der Waals surface area contributed by atoms with Gasteiger partial charge in [0.25, 0.3) is 0 Å². The van der Waals surface area contributed by atoms with E-state index in [4.69, 9.17) is 9.84 Å². The first-order chi connectivity index (χ1) is 8.11. The van der Waals surface area contributed by atoms with E-state index in [1.807, 2.05) is 13.0 Å². The predicted octanol–water partition coefficient (Wildman–Crippen LogP) is 2.83. The maximum atomic E-state index is 10.8. The summed E-state index contributed by atoms with van der Waals surface area (Å²) in [5, 5.41) is 8.87. The van der Waals surface area contributed by atoms with Gasteiger partial charge in [0.2, 0.25) is 5.88 Å². The van der Waals surface area contributed by atoms with Crippen LogP contribution >= 0.6 is 11.3 Å². The van der Waals surface area contributed by atoms with Crippen molar-refractivity contribution in [2.75, 3.05) is 7.11 Å². The monoisotopic (exact) mass is 249 g/mol. The Kier molecular flexibility index (Phi) is 3.10. The van der Waals surface area contributed by atoms with Gasteiger partial charge in [0.05, 0.1) is 7.11 Å². The van der Waals surface area contributed by atoms with Crippen LogP contribution < -0.4 is 4.74 Å². The molecule has 0 radical (unpaired) electrons. The number of aromatic nitrogens is 1. The SMILES string of the molecule is COc1ccc(-c2ccc(C(=O)O)s2)c(C)n1. The molecule has 2 heterocycles. The molecule has 0 aromatic carbocycles. The van der Waals surface area contributed by atoms with Crippen LogP contribution in [0.25, 0.3) is 10.4 Å². The van der Waals surface area contributed by atoms with Gasteiger partial charge in [-0.1, -0.05) is 0 Å². The Balaban J connectivity index is 2.42. The van der Waals surface area contributed by atoms with Crippen LogP contribution in [0.15, 0.2) is 24.3 Å². The van der Waals surface area contributed by atoms with Gasteiger partial charge >= 0.3 is 5.97 Å². The standard InChI is InChI=1S/C12H11NO3S/c1-7-8(3-6-11(13-7)16-2)9-4-5-10(17-9)12(14)15/h3-6H,1-2H3,(H,14,15). The Labute approximate surface area is 103 Å². The lowest BCUT2D eigenvalue weighted by Gasteiger charge is -2.04. The maximum absolute atomic E-state index is 10.8. The number of hydrogen-bond acceptors (Lipinski definition) is 4. The molecular formula is C12H11NO3S. The Bertz CT molecular complexity index is 563. The molecule has 2 aromatic heterocycles. The minimum atomic E-state index is -0.902. The van der Waals surface area contributed by atoms with Gasteiger partial charge < -0.3 is 9.84 Å². The molecule has 88 valence electrons. The fourth-order valence-electron chi connectivity index (χ4n) is 1.51. The predicted molar refractivity (Wildman–Crippen MR) is 65.8 cm³/mol. The normalized spacial score (nSPS) is 10.2.